The van der Waals surface area contributed by atoms with Crippen molar-refractivity contribution in [2.45, 2.75) is 97.1 Å². The van der Waals surface area contributed by atoms with Gasteiger partial charge in [0.05, 0.1) is 37.6 Å². The molecule has 1 aromatic heterocycles. The number of ether oxygens (including phenoxy) is 2. The molecule has 2 atom stereocenters. The minimum Gasteiger partial charge on any atom is -0.444 e. The number of alkyl carbamates (subject to hydrolysis) is 2. The van der Waals surface area contributed by atoms with E-state index in [0.717, 1.165) is 33.4 Å². The number of benzene rings is 4. The van der Waals surface area contributed by atoms with Crippen molar-refractivity contribution in [1.29, 1.82) is 10.5 Å². The Morgan fingerprint density at radius 1 is 0.694 bits per heavy atom. The topological polar surface area (TPSA) is 197 Å². The van der Waals surface area contributed by atoms with Crippen LogP contribution in [-0.2, 0) is 33.7 Å². The second-order valence-corrected chi connectivity index (χ2v) is 17.0. The van der Waals surface area contributed by atoms with E-state index in [2.05, 4.69) is 37.5 Å². The zero-order valence-corrected chi connectivity index (χ0v) is 37.1. The van der Waals surface area contributed by atoms with Crippen LogP contribution in [0.5, 0.6) is 0 Å². The highest BCUT2D eigenvalue weighted by Crippen LogP contribution is 2.26. The number of aryl methyl sites for hydroxylation is 1. The zero-order chi connectivity index (χ0) is 45.3. The normalized spacial score (nSPS) is 12.0. The molecular formula is C46H51Cl2N9O5. The minimum absolute atomic E-state index is 0.194. The van der Waals surface area contributed by atoms with Gasteiger partial charge in [-0.1, -0.05) is 96.0 Å². The highest BCUT2D eigenvalue weighted by Gasteiger charge is 2.26. The van der Waals surface area contributed by atoms with Gasteiger partial charge >= 0.3 is 12.2 Å². The smallest absolute Gasteiger partial charge is 0.408 e. The molecule has 16 heteroatoms. The lowest BCUT2D eigenvalue weighted by Crippen LogP contribution is -2.49. The average Bonchev–Trinajstić information content (AvgIpc) is 3.68. The molecule has 324 valence electrons. The molecule has 3 amide bonds. The van der Waals surface area contributed by atoms with Crippen molar-refractivity contribution in [3.05, 3.63) is 124 Å². The first-order valence-electron chi connectivity index (χ1n) is 19.9. The Labute approximate surface area is 372 Å². The summed E-state index contributed by atoms with van der Waals surface area (Å²) >= 11 is 12.2. The van der Waals surface area contributed by atoms with Crippen molar-refractivity contribution in [3.8, 4) is 34.4 Å². The number of amides is 3. The van der Waals surface area contributed by atoms with Crippen LogP contribution in [0.3, 0.4) is 0 Å². The summed E-state index contributed by atoms with van der Waals surface area (Å²) in [7, 11) is 0. The zero-order valence-electron chi connectivity index (χ0n) is 35.6. The molecule has 0 aliphatic heterocycles. The van der Waals surface area contributed by atoms with Crippen molar-refractivity contribution in [2.75, 3.05) is 6.54 Å². The number of nitrogens with one attached hydrogen (secondary N) is 3. The van der Waals surface area contributed by atoms with E-state index in [1.54, 1.807) is 41.5 Å². The Morgan fingerprint density at radius 3 is 1.68 bits per heavy atom. The number of hydrogen-bond donors (Lipinski definition) is 3. The number of nitrogens with zero attached hydrogens (tertiary/aromatic N) is 6. The van der Waals surface area contributed by atoms with Gasteiger partial charge in [-0.25, -0.2) is 14.3 Å². The molecule has 0 aliphatic rings. The summed E-state index contributed by atoms with van der Waals surface area (Å²) in [5.41, 5.74) is 4.58. The molecule has 1 heterocycles. The fraction of sp³-hybridized carbons (Fsp3) is 0.348. The van der Waals surface area contributed by atoms with Crippen LogP contribution in [0.2, 0.25) is 10.0 Å². The molecule has 0 radical (unpaired) electrons. The summed E-state index contributed by atoms with van der Waals surface area (Å²) in [5, 5.41) is 38.9. The molecule has 0 fully saturated rings. The SMILES string of the molecule is CC(C)(C)OC(=O)N[C@@H](Cc1ccc(-c2cccc(Cl)c2)cc1)C(=O)NCCC#N.CC(C)(C)OC(=O)N[C@@H](Cc1ccc(-c2cccc(Cl)c2)cc1)c1nnnn1CCC#N. The molecule has 0 bridgehead atoms. The van der Waals surface area contributed by atoms with E-state index in [4.69, 9.17) is 43.2 Å². The van der Waals surface area contributed by atoms with Gasteiger partial charge in [0, 0.05) is 29.4 Å². The van der Waals surface area contributed by atoms with Crippen molar-refractivity contribution in [1.82, 2.24) is 36.2 Å². The highest BCUT2D eigenvalue weighted by atomic mass is 35.5. The molecule has 0 saturated carbocycles. The monoisotopic (exact) mass is 879 g/mol. The van der Waals surface area contributed by atoms with Gasteiger partial charge in [-0.15, -0.1) is 5.10 Å². The Kier molecular flexibility index (Phi) is 17.8. The second kappa shape index (κ2) is 22.9. The summed E-state index contributed by atoms with van der Waals surface area (Å²) in [4.78, 5) is 37.2. The van der Waals surface area contributed by atoms with Crippen LogP contribution in [0.25, 0.3) is 22.3 Å². The molecule has 0 saturated heterocycles. The number of nitriles is 2. The van der Waals surface area contributed by atoms with Crippen LogP contribution >= 0.6 is 23.2 Å². The lowest BCUT2D eigenvalue weighted by Gasteiger charge is -2.23. The summed E-state index contributed by atoms with van der Waals surface area (Å²) < 4.78 is 12.2. The summed E-state index contributed by atoms with van der Waals surface area (Å²) in [6.45, 7) is 11.2. The lowest BCUT2D eigenvalue weighted by molar-refractivity contribution is -0.123. The van der Waals surface area contributed by atoms with Crippen LogP contribution in [0, 0.1) is 22.7 Å². The first-order valence-corrected chi connectivity index (χ1v) is 20.6. The Morgan fingerprint density at radius 2 is 1.19 bits per heavy atom. The van der Waals surface area contributed by atoms with E-state index in [-0.39, 0.29) is 31.7 Å². The Hall–Kier alpha value is -6.48. The number of hydrogen-bond acceptors (Lipinski definition) is 10. The highest BCUT2D eigenvalue weighted by molar-refractivity contribution is 6.31. The van der Waals surface area contributed by atoms with Gasteiger partial charge < -0.3 is 25.4 Å². The number of carbonyl (C=O) groups excluding carboxylic acids is 3. The Bertz CT molecular complexity index is 2340. The van der Waals surface area contributed by atoms with Crippen LogP contribution in [0.4, 0.5) is 9.59 Å². The second-order valence-electron chi connectivity index (χ2n) is 16.1. The third-order valence-electron chi connectivity index (χ3n) is 8.64. The number of tetrazole rings is 1. The first-order chi connectivity index (χ1) is 29.4. The predicted molar refractivity (Wildman–Crippen MR) is 238 cm³/mol. The fourth-order valence-electron chi connectivity index (χ4n) is 5.93. The van der Waals surface area contributed by atoms with E-state index in [1.807, 2.05) is 103 Å². The third kappa shape index (κ3) is 16.5. The maximum atomic E-state index is 12.5. The number of carbonyl (C=O) groups is 3. The van der Waals surface area contributed by atoms with E-state index in [1.165, 1.54) is 4.68 Å². The minimum atomic E-state index is -0.824. The first kappa shape index (κ1) is 48.2. The van der Waals surface area contributed by atoms with E-state index in [9.17, 15) is 14.4 Å². The number of halogens is 2. The quantitative estimate of drug-likeness (QED) is 0.0905. The van der Waals surface area contributed by atoms with Crippen LogP contribution in [0.15, 0.2) is 97.1 Å². The number of aromatic nitrogens is 4. The van der Waals surface area contributed by atoms with Gasteiger partial charge in [-0.3, -0.25) is 4.79 Å². The molecule has 14 nitrogen and oxygen atoms in total. The van der Waals surface area contributed by atoms with Gasteiger partial charge in [0.2, 0.25) is 5.91 Å². The van der Waals surface area contributed by atoms with Crippen molar-refractivity contribution in [2.24, 2.45) is 0 Å². The molecule has 0 spiro atoms. The lowest BCUT2D eigenvalue weighted by atomic mass is 10.0. The summed E-state index contributed by atoms with van der Waals surface area (Å²) in [5.74, 6) is 0.0973. The van der Waals surface area contributed by atoms with Gasteiger partial charge in [-0.2, -0.15) is 10.5 Å². The molecule has 5 rings (SSSR count). The van der Waals surface area contributed by atoms with E-state index >= 15 is 0 Å². The summed E-state index contributed by atoms with van der Waals surface area (Å²) in [6, 6.07) is 33.6. The predicted octanol–water partition coefficient (Wildman–Crippen LogP) is 9.19. The maximum Gasteiger partial charge on any atom is 0.408 e. The van der Waals surface area contributed by atoms with Gasteiger partial charge in [0.15, 0.2) is 5.82 Å². The third-order valence-corrected chi connectivity index (χ3v) is 9.11. The van der Waals surface area contributed by atoms with Gasteiger partial charge in [-0.05, 0) is 110 Å². The standard InChI is InChI=1S/C23H25ClN6O2.C23H26ClN3O3/c1-23(2,3)32-22(31)26-20(21-27-28-29-30(21)13-5-12-25)14-16-8-10-17(11-9-16)18-6-4-7-19(24)15-18;1-23(2,3)30-22(29)27-20(21(28)26-13-5-12-25)14-16-8-10-17(11-9-16)18-6-4-7-19(24)15-18/h4,6-11,15,20H,5,13-14H2,1-3H3,(H,26,31);4,6-11,15,20H,5,13-14H2,1-3H3,(H,26,28)(H,27,29)/t2*20-/m00/s1. The maximum absolute atomic E-state index is 12.5. The summed E-state index contributed by atoms with van der Waals surface area (Å²) in [6.07, 6.45) is -0.0495. The van der Waals surface area contributed by atoms with Crippen LogP contribution in [-0.4, -0.2) is 62.1 Å². The van der Waals surface area contributed by atoms with E-state index in [0.29, 0.717) is 28.8 Å². The molecule has 0 aliphatic carbocycles. The van der Waals surface area contributed by atoms with Crippen LogP contribution in [0.1, 0.15) is 77.4 Å². The Balaban J connectivity index is 0.000000273. The molecule has 4 aromatic carbocycles. The van der Waals surface area contributed by atoms with Crippen molar-refractivity contribution in [3.63, 3.8) is 0 Å². The van der Waals surface area contributed by atoms with Crippen molar-refractivity contribution >= 4 is 41.3 Å². The molecular weight excluding hydrogens is 829 g/mol. The molecule has 3 N–H and O–H groups in total. The van der Waals surface area contributed by atoms with E-state index < -0.39 is 35.5 Å². The van der Waals surface area contributed by atoms with Crippen molar-refractivity contribution < 1.29 is 23.9 Å². The fourth-order valence-corrected chi connectivity index (χ4v) is 6.31. The average molecular weight is 881 g/mol. The van der Waals surface area contributed by atoms with Crippen LogP contribution < -0.4 is 16.0 Å². The largest absolute Gasteiger partial charge is 0.444 e. The molecule has 0 unspecified atom stereocenters. The molecule has 5 aromatic rings. The van der Waals surface area contributed by atoms with Gasteiger partial charge in [0.25, 0.3) is 0 Å². The molecule has 62 heavy (non-hydrogen) atoms. The van der Waals surface area contributed by atoms with Gasteiger partial charge in [0.1, 0.15) is 17.2 Å². The number of rotatable bonds is 14.